The Kier molecular flexibility index (Phi) is 14.6. The van der Waals surface area contributed by atoms with E-state index in [1.54, 1.807) is 52.1 Å². The van der Waals surface area contributed by atoms with Crippen molar-refractivity contribution in [1.29, 1.82) is 0 Å². The van der Waals surface area contributed by atoms with Crippen LogP contribution >= 0.6 is 58.3 Å². The Morgan fingerprint density at radius 3 is 1.77 bits per heavy atom. The Bertz CT molecular complexity index is 2860. The van der Waals surface area contributed by atoms with Crippen LogP contribution in [-0.4, -0.2) is 89.2 Å². The predicted molar refractivity (Wildman–Crippen MR) is 244 cm³/mol. The van der Waals surface area contributed by atoms with E-state index < -0.39 is 35.5 Å². The van der Waals surface area contributed by atoms with Gasteiger partial charge in [-0.1, -0.05) is 47.5 Å². The molecule has 2 aliphatic carbocycles. The lowest BCUT2D eigenvalue weighted by molar-refractivity contribution is -0.140. The van der Waals surface area contributed by atoms with Gasteiger partial charge < -0.3 is 37.4 Å². The Labute approximate surface area is 398 Å². The number of carboxylic acids is 1. The van der Waals surface area contributed by atoms with Gasteiger partial charge in [-0.3, -0.25) is 38.1 Å². The smallest absolute Gasteiger partial charge is 0.325 e. The quantitative estimate of drug-likeness (QED) is 0.0973. The van der Waals surface area contributed by atoms with Gasteiger partial charge in [-0.05, 0) is 72.5 Å². The largest absolute Gasteiger partial charge is 0.480 e. The minimum atomic E-state index is -1.01. The van der Waals surface area contributed by atoms with Crippen LogP contribution in [0.1, 0.15) is 57.8 Å². The molecule has 24 heteroatoms. The number of aliphatic carboxylic acids is 1. The van der Waals surface area contributed by atoms with Crippen LogP contribution in [0.25, 0.3) is 20.4 Å². The van der Waals surface area contributed by atoms with Crippen LogP contribution in [0, 0.1) is 23.5 Å². The number of carbonyl (C=O) groups excluding carboxylic acids is 5. The summed E-state index contributed by atoms with van der Waals surface area (Å²) in [5, 5.41) is 29.1. The van der Waals surface area contributed by atoms with Gasteiger partial charge >= 0.3 is 5.97 Å². The second kappa shape index (κ2) is 20.0. The fraction of sp³-hybridized carbons (Fsp3) is 0.333. The number of carbonyl (C=O) groups is 6. The number of benzene rings is 2. The third-order valence-corrected chi connectivity index (χ3v) is 14.0. The zero-order valence-corrected chi connectivity index (χ0v) is 38.4. The molecular formula is C42H41Cl3F2N10O7S2. The van der Waals surface area contributed by atoms with E-state index in [9.17, 15) is 37.5 Å². The Balaban J connectivity index is 0.000000161. The highest BCUT2D eigenvalue weighted by atomic mass is 35.5. The number of amides is 5. The number of thiophene rings is 2. The molecule has 4 aromatic heterocycles. The monoisotopic (exact) mass is 1000 g/mol. The number of rotatable bonds is 12. The summed E-state index contributed by atoms with van der Waals surface area (Å²) < 4.78 is 31.7. The second-order valence-electron chi connectivity index (χ2n) is 15.9. The van der Waals surface area contributed by atoms with E-state index in [0.29, 0.717) is 44.4 Å². The zero-order chi connectivity index (χ0) is 46.3. The van der Waals surface area contributed by atoms with Crippen LogP contribution in [0.15, 0.2) is 59.3 Å². The molecule has 4 aliphatic rings. The fourth-order valence-corrected chi connectivity index (χ4v) is 10.4. The molecule has 4 fully saturated rings. The number of fused-ring (bicyclic) bond motifs is 4. The molecule has 0 radical (unpaired) electrons. The number of likely N-dealkylation sites (tertiary alicyclic amines) is 1. The number of hydrogen-bond acceptors (Lipinski definition) is 11. The number of nitrogens with zero attached hydrogens (tertiary/aromatic N) is 5. The maximum atomic E-state index is 14.1. The van der Waals surface area contributed by atoms with Crippen molar-refractivity contribution in [2.24, 2.45) is 23.3 Å². The Morgan fingerprint density at radius 2 is 1.27 bits per heavy atom. The highest BCUT2D eigenvalue weighted by molar-refractivity contribution is 7.17. The fourth-order valence-electron chi connectivity index (χ4n) is 8.26. The third-order valence-electron chi connectivity index (χ3n) is 11.6. The van der Waals surface area contributed by atoms with Crippen LogP contribution in [0.5, 0.6) is 0 Å². The van der Waals surface area contributed by atoms with Gasteiger partial charge in [0.05, 0.1) is 36.5 Å². The van der Waals surface area contributed by atoms with Crippen molar-refractivity contribution < 1.29 is 42.7 Å². The van der Waals surface area contributed by atoms with E-state index in [0.717, 1.165) is 12.8 Å². The lowest BCUT2D eigenvalue weighted by atomic mass is 10.1. The highest BCUT2D eigenvalue weighted by Crippen LogP contribution is 2.48. The summed E-state index contributed by atoms with van der Waals surface area (Å²) >= 11 is 14.1. The Morgan fingerprint density at radius 1 is 0.742 bits per heavy atom. The lowest BCUT2D eigenvalue weighted by Crippen LogP contribution is -2.48. The molecule has 0 bridgehead atoms. The highest BCUT2D eigenvalue weighted by Gasteiger charge is 2.56. The van der Waals surface area contributed by atoms with Crippen LogP contribution in [0.4, 0.5) is 8.78 Å². The number of nitrogens with one attached hydrogen (secondary N) is 3. The maximum absolute atomic E-state index is 14.1. The number of piperidine rings is 2. The summed E-state index contributed by atoms with van der Waals surface area (Å²) in [5.74, 6) is -3.02. The molecule has 5 amide bonds. The van der Waals surface area contributed by atoms with Crippen molar-refractivity contribution in [3.05, 3.63) is 103 Å². The number of carboxylic acid groups (broad SMARTS) is 1. The Hall–Kier alpha value is -5.71. The summed E-state index contributed by atoms with van der Waals surface area (Å²) in [6.45, 7) is -0.217. The van der Waals surface area contributed by atoms with Crippen molar-refractivity contribution in [3.8, 4) is 0 Å². The first-order valence-corrected chi connectivity index (χ1v) is 22.8. The molecule has 17 nitrogen and oxygen atoms in total. The van der Waals surface area contributed by atoms with Crippen molar-refractivity contribution >= 4 is 114 Å². The summed E-state index contributed by atoms with van der Waals surface area (Å²) in [5.41, 5.74) is 12.8. The minimum Gasteiger partial charge on any atom is -0.480 e. The van der Waals surface area contributed by atoms with Gasteiger partial charge in [0.15, 0.2) is 11.4 Å². The first-order chi connectivity index (χ1) is 31.1. The van der Waals surface area contributed by atoms with Gasteiger partial charge in [-0.2, -0.15) is 10.2 Å². The van der Waals surface area contributed by atoms with Gasteiger partial charge in [0, 0.05) is 36.3 Å². The van der Waals surface area contributed by atoms with E-state index in [2.05, 4.69) is 26.1 Å². The molecule has 6 atom stereocenters. The average molecular weight is 1010 g/mol. The standard InChI is InChI=1S/C21H19ClFN5O3S.C13H14ClFN2O.C8H7N3O3S.ClH/c22-12-3-1-2-10(17(12)23)8-25-21(31)15-7-11-6-14(11)28(15)16(29)9-27-13-4-5-32-19(13)18(26-27)20(24)30;14-9-3-1-2-7(12(9)15)6-16-13(18)11-5-8-4-10(8)17-11;9-8(14)6-7-4(1-2-15-7)11(10-6)3-5(12)13;/h1-5,11,14-15H,6-9H2,(H2,24,30)(H,25,31);1-3,8,10-11,17H,4-6H2,(H,16,18);1-2H,3H2,(H2,9,14)(H,12,13);1H/t11-,14-,15+;8-,10-,11+;;/m11../s1. The van der Waals surface area contributed by atoms with E-state index in [1.807, 2.05) is 0 Å². The van der Waals surface area contributed by atoms with Gasteiger partial charge in [0.25, 0.3) is 11.8 Å². The van der Waals surface area contributed by atoms with E-state index in [4.69, 9.17) is 39.8 Å². The minimum absolute atomic E-state index is 0. The third kappa shape index (κ3) is 10.3. The summed E-state index contributed by atoms with van der Waals surface area (Å²) in [4.78, 5) is 72.7. The van der Waals surface area contributed by atoms with E-state index >= 15 is 0 Å². The van der Waals surface area contributed by atoms with Crippen LogP contribution in [0.2, 0.25) is 10.0 Å². The molecule has 0 unspecified atom stereocenters. The van der Waals surface area contributed by atoms with E-state index in [-0.39, 0.29) is 101 Å². The molecule has 348 valence electrons. The zero-order valence-electron chi connectivity index (χ0n) is 34.4. The first-order valence-electron chi connectivity index (χ1n) is 20.3. The van der Waals surface area contributed by atoms with Crippen molar-refractivity contribution in [2.45, 2.75) is 76.0 Å². The van der Waals surface area contributed by atoms with Crippen molar-refractivity contribution in [2.75, 3.05) is 0 Å². The topological polar surface area (TPSA) is 250 Å². The normalized spacial score (nSPS) is 20.8. The SMILES string of the molecule is Cl.NC(=O)c1nn(CC(=O)N2[C@@H]3C[C@@H]3C[C@H]2C(=O)NCc2cccc(Cl)c2F)c2ccsc12.NC(=O)c1nn(CC(=O)O)c2ccsc12.O=C(NCc1cccc(Cl)c1F)[C@@H]1C[C@H]2C[C@H]2N1. The molecule has 2 saturated heterocycles. The summed E-state index contributed by atoms with van der Waals surface area (Å²) in [6, 6.07) is 12.7. The first kappa shape index (κ1) is 48.2. The molecule has 2 aliphatic heterocycles. The number of aromatic nitrogens is 4. The number of primary amides is 2. The molecule has 10 rings (SSSR count). The van der Waals surface area contributed by atoms with Gasteiger partial charge in [-0.25, -0.2) is 8.78 Å². The average Bonchev–Trinajstić information content (AvgIpc) is 3.70. The number of halogens is 5. The molecule has 2 saturated carbocycles. The maximum Gasteiger partial charge on any atom is 0.325 e. The lowest BCUT2D eigenvalue weighted by Gasteiger charge is -2.27. The molecule has 2 aromatic carbocycles. The molecule has 6 heterocycles. The van der Waals surface area contributed by atoms with Crippen molar-refractivity contribution in [1.82, 2.24) is 40.4 Å². The van der Waals surface area contributed by atoms with Gasteiger partial charge in [-0.15, -0.1) is 35.1 Å². The number of nitrogens with two attached hydrogens (primary N) is 2. The van der Waals surface area contributed by atoms with Crippen LogP contribution in [0.3, 0.4) is 0 Å². The second-order valence-corrected chi connectivity index (χ2v) is 18.6. The van der Waals surface area contributed by atoms with Gasteiger partial charge in [0.1, 0.15) is 30.8 Å². The molecule has 66 heavy (non-hydrogen) atoms. The van der Waals surface area contributed by atoms with Gasteiger partial charge in [0.2, 0.25) is 17.7 Å². The molecule has 0 spiro atoms. The summed E-state index contributed by atoms with van der Waals surface area (Å²) in [7, 11) is 0. The number of hydrogen-bond donors (Lipinski definition) is 6. The van der Waals surface area contributed by atoms with E-state index in [1.165, 1.54) is 50.6 Å². The molecule has 6 aromatic rings. The predicted octanol–water partition coefficient (Wildman–Crippen LogP) is 4.84. The van der Waals surface area contributed by atoms with Crippen LogP contribution in [-0.2, 0) is 45.4 Å². The van der Waals surface area contributed by atoms with Crippen LogP contribution < -0.4 is 27.4 Å². The molecular weight excluding hydrogens is 965 g/mol. The van der Waals surface area contributed by atoms with Crippen molar-refractivity contribution in [3.63, 3.8) is 0 Å². The molecule has 8 N–H and O–H groups in total. The summed E-state index contributed by atoms with van der Waals surface area (Å²) in [6.07, 6.45) is 3.51.